The van der Waals surface area contributed by atoms with Gasteiger partial charge in [-0.15, -0.1) is 0 Å². The number of pyridine rings is 1. The van der Waals surface area contributed by atoms with E-state index in [1.54, 1.807) is 34.8 Å². The minimum Gasteiger partial charge on any atom is -0.494 e. The maximum Gasteiger partial charge on any atom is 0.243 e. The topological polar surface area (TPSA) is 77.3 Å². The Kier molecular flexibility index (Phi) is 5.79. The van der Waals surface area contributed by atoms with Crippen molar-refractivity contribution in [3.05, 3.63) is 48.4 Å². The van der Waals surface area contributed by atoms with Crippen LogP contribution in [0.1, 0.15) is 39.1 Å². The number of ether oxygens (including phenoxy) is 1. The molecule has 30 heavy (non-hydrogen) atoms. The maximum atomic E-state index is 13.1. The Balaban J connectivity index is 1.51. The first kappa shape index (κ1) is 20.8. The van der Waals surface area contributed by atoms with Crippen LogP contribution in [0.15, 0.2) is 47.5 Å². The van der Waals surface area contributed by atoms with E-state index in [1.807, 2.05) is 19.1 Å². The Bertz CT molecular complexity index is 1120. The molecule has 1 fully saturated rings. The van der Waals surface area contributed by atoms with Crippen molar-refractivity contribution < 1.29 is 13.2 Å². The van der Waals surface area contributed by atoms with Crippen LogP contribution in [0.25, 0.3) is 11.2 Å². The summed E-state index contributed by atoms with van der Waals surface area (Å²) in [5.41, 5.74) is 1.78. The van der Waals surface area contributed by atoms with Gasteiger partial charge in [0.1, 0.15) is 17.1 Å². The number of sulfonamides is 1. The monoisotopic (exact) mass is 428 g/mol. The number of fused-ring (bicyclic) bond motifs is 1. The fourth-order valence-electron chi connectivity index (χ4n) is 4.13. The van der Waals surface area contributed by atoms with Crippen LogP contribution < -0.4 is 4.74 Å². The van der Waals surface area contributed by atoms with E-state index in [0.717, 1.165) is 29.8 Å². The Hall–Kier alpha value is -2.45. The Labute approximate surface area is 177 Å². The van der Waals surface area contributed by atoms with E-state index in [2.05, 4.69) is 23.4 Å². The molecule has 8 heteroatoms. The van der Waals surface area contributed by atoms with Crippen LogP contribution in [0, 0.1) is 5.92 Å². The number of benzene rings is 1. The van der Waals surface area contributed by atoms with Gasteiger partial charge < -0.3 is 9.30 Å². The van der Waals surface area contributed by atoms with Crippen LogP contribution in [0.3, 0.4) is 0 Å². The molecule has 1 unspecified atom stereocenters. The average Bonchev–Trinajstić information content (AvgIpc) is 3.33. The van der Waals surface area contributed by atoms with Gasteiger partial charge in [-0.3, -0.25) is 0 Å². The molecule has 0 bridgehead atoms. The predicted octanol–water partition coefficient (Wildman–Crippen LogP) is 3.66. The summed E-state index contributed by atoms with van der Waals surface area (Å²) in [6.45, 7) is 7.73. The molecule has 160 valence electrons. The van der Waals surface area contributed by atoms with E-state index in [9.17, 15) is 8.42 Å². The van der Waals surface area contributed by atoms with E-state index in [4.69, 9.17) is 9.72 Å². The normalized spacial score (nSPS) is 17.8. The molecule has 0 radical (unpaired) electrons. The molecule has 3 aromatic rings. The van der Waals surface area contributed by atoms with Crippen LogP contribution in [0.4, 0.5) is 0 Å². The molecule has 1 saturated heterocycles. The number of hydrogen-bond acceptors (Lipinski definition) is 5. The molecule has 1 atom stereocenters. The molecular formula is C22H28N4O3S. The maximum absolute atomic E-state index is 13.1. The largest absolute Gasteiger partial charge is 0.494 e. The lowest BCUT2D eigenvalue weighted by atomic mass is 10.0. The van der Waals surface area contributed by atoms with E-state index in [-0.39, 0.29) is 12.0 Å². The van der Waals surface area contributed by atoms with E-state index in [1.165, 1.54) is 0 Å². The van der Waals surface area contributed by atoms with Gasteiger partial charge in [-0.25, -0.2) is 18.4 Å². The van der Waals surface area contributed by atoms with Crippen molar-refractivity contribution in [1.29, 1.82) is 0 Å². The molecule has 7 nitrogen and oxygen atoms in total. The summed E-state index contributed by atoms with van der Waals surface area (Å²) in [4.78, 5) is 9.59. The lowest BCUT2D eigenvalue weighted by Gasteiger charge is -2.18. The third-order valence-corrected chi connectivity index (χ3v) is 7.41. The smallest absolute Gasteiger partial charge is 0.243 e. The number of aromatic nitrogens is 3. The summed E-state index contributed by atoms with van der Waals surface area (Å²) in [7, 11) is -3.51. The fourth-order valence-corrected chi connectivity index (χ4v) is 5.66. The summed E-state index contributed by atoms with van der Waals surface area (Å²) in [5.74, 6) is 1.89. The highest BCUT2D eigenvalue weighted by Gasteiger charge is 2.33. The second-order valence-electron chi connectivity index (χ2n) is 7.96. The standard InChI is InChI=1S/C22H28N4O3S/c1-4-29-18-7-9-19(10-8-18)30(27,28)25-13-11-17(15-25)14-21-24-20-6-5-12-23-22(20)26(21)16(2)3/h5-10,12,16-17H,4,11,13-15H2,1-3H3. The minimum atomic E-state index is -3.51. The quantitative estimate of drug-likeness (QED) is 0.574. The number of rotatable bonds is 7. The molecule has 0 N–H and O–H groups in total. The zero-order chi connectivity index (χ0) is 21.3. The summed E-state index contributed by atoms with van der Waals surface area (Å²) >= 11 is 0. The summed E-state index contributed by atoms with van der Waals surface area (Å²) < 4.78 is 35.3. The molecule has 1 aliphatic heterocycles. The van der Waals surface area contributed by atoms with Gasteiger partial charge in [0, 0.05) is 31.7 Å². The Morgan fingerprint density at radius 2 is 1.97 bits per heavy atom. The molecule has 0 aliphatic carbocycles. The minimum absolute atomic E-state index is 0.233. The molecular weight excluding hydrogens is 400 g/mol. The highest BCUT2D eigenvalue weighted by molar-refractivity contribution is 7.89. The van der Waals surface area contributed by atoms with Gasteiger partial charge in [-0.2, -0.15) is 4.31 Å². The molecule has 3 heterocycles. The van der Waals surface area contributed by atoms with E-state index < -0.39 is 10.0 Å². The van der Waals surface area contributed by atoms with Crippen molar-refractivity contribution in [2.45, 2.75) is 44.6 Å². The lowest BCUT2D eigenvalue weighted by Crippen LogP contribution is -2.29. The van der Waals surface area contributed by atoms with Crippen molar-refractivity contribution in [3.8, 4) is 5.75 Å². The summed E-state index contributed by atoms with van der Waals surface area (Å²) in [6.07, 6.45) is 3.35. The van der Waals surface area contributed by atoms with Crippen molar-refractivity contribution >= 4 is 21.2 Å². The van der Waals surface area contributed by atoms with Gasteiger partial charge in [0.05, 0.1) is 11.5 Å². The first-order chi connectivity index (χ1) is 14.4. The lowest BCUT2D eigenvalue weighted by molar-refractivity contribution is 0.340. The molecule has 0 saturated carbocycles. The molecule has 2 aromatic heterocycles. The molecule has 0 amide bonds. The highest BCUT2D eigenvalue weighted by atomic mass is 32.2. The molecule has 4 rings (SSSR count). The first-order valence-electron chi connectivity index (χ1n) is 10.4. The highest BCUT2D eigenvalue weighted by Crippen LogP contribution is 2.29. The van der Waals surface area contributed by atoms with Crippen molar-refractivity contribution in [3.63, 3.8) is 0 Å². The van der Waals surface area contributed by atoms with E-state index >= 15 is 0 Å². The number of nitrogens with zero attached hydrogens (tertiary/aromatic N) is 4. The Morgan fingerprint density at radius 3 is 2.67 bits per heavy atom. The third kappa shape index (κ3) is 3.94. The van der Waals surface area contributed by atoms with Gasteiger partial charge in [-0.05, 0) is 69.5 Å². The first-order valence-corrected chi connectivity index (χ1v) is 11.9. The van der Waals surface area contributed by atoms with Gasteiger partial charge in [0.25, 0.3) is 0 Å². The molecule has 0 spiro atoms. The number of imidazole rings is 1. The van der Waals surface area contributed by atoms with Crippen molar-refractivity contribution in [2.24, 2.45) is 5.92 Å². The van der Waals surface area contributed by atoms with Gasteiger partial charge in [0.15, 0.2) is 5.65 Å². The summed E-state index contributed by atoms with van der Waals surface area (Å²) in [6, 6.07) is 10.8. The van der Waals surface area contributed by atoms with Gasteiger partial charge >= 0.3 is 0 Å². The van der Waals surface area contributed by atoms with Crippen LogP contribution >= 0.6 is 0 Å². The van der Waals surface area contributed by atoms with Crippen LogP contribution in [-0.2, 0) is 16.4 Å². The van der Waals surface area contributed by atoms with Crippen molar-refractivity contribution in [2.75, 3.05) is 19.7 Å². The second-order valence-corrected chi connectivity index (χ2v) is 9.90. The Morgan fingerprint density at radius 1 is 1.20 bits per heavy atom. The van der Waals surface area contributed by atoms with Crippen molar-refractivity contribution in [1.82, 2.24) is 18.8 Å². The third-order valence-electron chi connectivity index (χ3n) is 5.53. The van der Waals surface area contributed by atoms with Gasteiger partial charge in [-0.1, -0.05) is 0 Å². The zero-order valence-electron chi connectivity index (χ0n) is 17.7. The zero-order valence-corrected chi connectivity index (χ0v) is 18.5. The number of hydrogen-bond donors (Lipinski definition) is 0. The van der Waals surface area contributed by atoms with Crippen LogP contribution in [0.2, 0.25) is 0 Å². The van der Waals surface area contributed by atoms with Gasteiger partial charge in [0.2, 0.25) is 10.0 Å². The predicted molar refractivity (Wildman–Crippen MR) is 116 cm³/mol. The molecule has 1 aromatic carbocycles. The van der Waals surface area contributed by atoms with E-state index in [0.29, 0.717) is 30.3 Å². The summed E-state index contributed by atoms with van der Waals surface area (Å²) in [5, 5.41) is 0. The van der Waals surface area contributed by atoms with Crippen LogP contribution in [-0.4, -0.2) is 47.0 Å². The molecule has 1 aliphatic rings. The fraction of sp³-hybridized carbons (Fsp3) is 0.455. The SMILES string of the molecule is CCOc1ccc(S(=O)(=O)N2CCC(Cc3nc4cccnc4n3C(C)C)C2)cc1. The second kappa shape index (κ2) is 8.35. The van der Waals surface area contributed by atoms with Crippen LogP contribution in [0.5, 0.6) is 5.75 Å². The average molecular weight is 429 g/mol.